The lowest BCUT2D eigenvalue weighted by Crippen LogP contribution is -2.36. The molecule has 8 nitrogen and oxygen atoms in total. The average Bonchev–Trinajstić information content (AvgIpc) is 3.32. The van der Waals surface area contributed by atoms with Crippen molar-refractivity contribution in [1.29, 1.82) is 0 Å². The molecule has 1 spiro atoms. The average molecular weight is 372 g/mol. The summed E-state index contributed by atoms with van der Waals surface area (Å²) in [5, 5.41) is 13.7. The van der Waals surface area contributed by atoms with Gasteiger partial charge in [-0.15, -0.1) is 5.10 Å². The van der Waals surface area contributed by atoms with Gasteiger partial charge < -0.3 is 10.2 Å². The number of urea groups is 1. The van der Waals surface area contributed by atoms with E-state index in [9.17, 15) is 14.0 Å². The topological polar surface area (TPSA) is 92.2 Å². The predicted octanol–water partition coefficient (Wildman–Crippen LogP) is 1.52. The van der Waals surface area contributed by atoms with E-state index in [4.69, 9.17) is 0 Å². The van der Waals surface area contributed by atoms with Gasteiger partial charge in [-0.25, -0.2) is 13.9 Å². The van der Waals surface area contributed by atoms with E-state index in [0.29, 0.717) is 43.1 Å². The van der Waals surface area contributed by atoms with Crippen LogP contribution in [0.2, 0.25) is 0 Å². The Morgan fingerprint density at radius 2 is 2.22 bits per heavy atom. The van der Waals surface area contributed by atoms with Gasteiger partial charge in [-0.3, -0.25) is 10.1 Å². The summed E-state index contributed by atoms with van der Waals surface area (Å²) in [6, 6.07) is 6.23. The summed E-state index contributed by atoms with van der Waals surface area (Å²) in [6.45, 7) is 3.78. The fourth-order valence-corrected chi connectivity index (χ4v) is 3.74. The molecule has 0 aliphatic carbocycles. The minimum absolute atomic E-state index is 0.0455. The zero-order chi connectivity index (χ0) is 19.0. The van der Waals surface area contributed by atoms with Gasteiger partial charge in [0.25, 0.3) is 0 Å². The highest BCUT2D eigenvalue weighted by molar-refractivity contribution is 5.89. The molecule has 1 unspecified atom stereocenters. The maximum absolute atomic E-state index is 13.8. The summed E-state index contributed by atoms with van der Waals surface area (Å²) >= 11 is 0. The first-order valence-electron chi connectivity index (χ1n) is 8.92. The van der Waals surface area contributed by atoms with E-state index in [2.05, 4.69) is 20.9 Å². The Morgan fingerprint density at radius 1 is 1.41 bits per heavy atom. The number of anilines is 1. The van der Waals surface area contributed by atoms with E-state index in [1.165, 1.54) is 6.07 Å². The second-order valence-corrected chi connectivity index (χ2v) is 7.33. The number of nitrogens with one attached hydrogen (secondary N) is 2. The molecule has 9 heteroatoms. The van der Waals surface area contributed by atoms with E-state index in [-0.39, 0.29) is 29.7 Å². The van der Waals surface area contributed by atoms with E-state index >= 15 is 0 Å². The van der Waals surface area contributed by atoms with E-state index in [1.54, 1.807) is 34.7 Å². The molecule has 2 fully saturated rings. The third kappa shape index (κ3) is 3.36. The van der Waals surface area contributed by atoms with Gasteiger partial charge in [-0.2, -0.15) is 0 Å². The molecular formula is C18H21FN6O2. The zero-order valence-corrected chi connectivity index (χ0v) is 15.0. The highest BCUT2D eigenvalue weighted by Crippen LogP contribution is 2.36. The lowest BCUT2D eigenvalue weighted by Gasteiger charge is -2.21. The molecular weight excluding hydrogens is 351 g/mol. The molecule has 1 aromatic carbocycles. The molecule has 3 amide bonds. The molecule has 0 bridgehead atoms. The smallest absolute Gasteiger partial charge is 0.323 e. The Hall–Kier alpha value is -2.97. The first kappa shape index (κ1) is 17.4. The Morgan fingerprint density at radius 3 is 2.96 bits per heavy atom. The fourth-order valence-electron chi connectivity index (χ4n) is 3.74. The molecule has 2 N–H and O–H groups in total. The van der Waals surface area contributed by atoms with Crippen molar-refractivity contribution in [1.82, 2.24) is 25.2 Å². The van der Waals surface area contributed by atoms with Crippen LogP contribution in [0, 0.1) is 18.2 Å². The number of aromatic nitrogens is 3. The third-order valence-corrected chi connectivity index (χ3v) is 5.41. The van der Waals surface area contributed by atoms with Crippen LogP contribution in [0.25, 0.3) is 0 Å². The predicted molar refractivity (Wildman–Crippen MR) is 95.5 cm³/mol. The van der Waals surface area contributed by atoms with Gasteiger partial charge in [0.1, 0.15) is 5.82 Å². The zero-order valence-electron chi connectivity index (χ0n) is 15.0. The first-order valence-corrected chi connectivity index (χ1v) is 8.92. The monoisotopic (exact) mass is 372 g/mol. The number of halogens is 1. The quantitative estimate of drug-likeness (QED) is 0.854. The molecule has 4 rings (SSSR count). The van der Waals surface area contributed by atoms with E-state index in [1.807, 2.05) is 0 Å². The van der Waals surface area contributed by atoms with Crippen LogP contribution in [0.5, 0.6) is 0 Å². The van der Waals surface area contributed by atoms with Crippen molar-refractivity contribution in [3.63, 3.8) is 0 Å². The largest absolute Gasteiger partial charge is 0.355 e. The first-order chi connectivity index (χ1) is 13.0. The number of carbonyl (C=O) groups is 2. The number of hydrogen-bond acceptors (Lipinski definition) is 4. The molecule has 3 heterocycles. The second kappa shape index (κ2) is 6.64. The summed E-state index contributed by atoms with van der Waals surface area (Å²) in [4.78, 5) is 25.8. The van der Waals surface area contributed by atoms with E-state index < -0.39 is 0 Å². The van der Waals surface area contributed by atoms with Gasteiger partial charge in [0.15, 0.2) is 5.82 Å². The Bertz CT molecular complexity index is 898. The molecule has 2 aliphatic heterocycles. The molecule has 0 radical (unpaired) electrons. The second-order valence-electron chi connectivity index (χ2n) is 7.33. The van der Waals surface area contributed by atoms with Crippen molar-refractivity contribution in [3.8, 4) is 0 Å². The number of rotatable bonds is 3. The highest BCUT2D eigenvalue weighted by Gasteiger charge is 2.45. The minimum Gasteiger partial charge on any atom is -0.355 e. The van der Waals surface area contributed by atoms with Crippen LogP contribution >= 0.6 is 0 Å². The van der Waals surface area contributed by atoms with Gasteiger partial charge >= 0.3 is 6.03 Å². The van der Waals surface area contributed by atoms with Crippen molar-refractivity contribution < 1.29 is 14.0 Å². The molecule has 2 aliphatic rings. The van der Waals surface area contributed by atoms with Crippen LogP contribution in [0.15, 0.2) is 24.3 Å². The van der Waals surface area contributed by atoms with Gasteiger partial charge in [0.05, 0.1) is 12.2 Å². The number of nitrogens with zero attached hydrogens (tertiary/aromatic N) is 4. The molecule has 0 saturated carbocycles. The minimum atomic E-state index is -0.305. The van der Waals surface area contributed by atoms with Crippen LogP contribution in [0.4, 0.5) is 15.0 Å². The van der Waals surface area contributed by atoms with Crippen molar-refractivity contribution >= 4 is 17.8 Å². The highest BCUT2D eigenvalue weighted by atomic mass is 19.1. The van der Waals surface area contributed by atoms with Gasteiger partial charge in [0.2, 0.25) is 5.91 Å². The fraction of sp³-hybridized carbons (Fsp3) is 0.444. The van der Waals surface area contributed by atoms with Gasteiger partial charge in [-0.05, 0) is 19.4 Å². The lowest BCUT2D eigenvalue weighted by atomic mass is 9.86. The van der Waals surface area contributed by atoms with Crippen molar-refractivity contribution in [2.24, 2.45) is 5.41 Å². The van der Waals surface area contributed by atoms with Crippen LogP contribution in [-0.2, 0) is 11.3 Å². The molecule has 27 heavy (non-hydrogen) atoms. The Balaban J connectivity index is 1.42. The summed E-state index contributed by atoms with van der Waals surface area (Å²) in [5.74, 6) is 0.0992. The number of amides is 3. The van der Waals surface area contributed by atoms with Crippen LogP contribution in [0.1, 0.15) is 24.1 Å². The molecule has 2 saturated heterocycles. The van der Waals surface area contributed by atoms with E-state index in [0.717, 1.165) is 6.42 Å². The molecule has 1 atom stereocenters. The Kier molecular flexibility index (Phi) is 4.29. The SMILES string of the molecule is Cc1c(NC(=O)N2CCC3(CNC(=O)C3)C2)nnn1Cc1ccccc1F. The molecule has 142 valence electrons. The molecule has 1 aromatic heterocycles. The number of hydrogen-bond donors (Lipinski definition) is 2. The summed E-state index contributed by atoms with van der Waals surface area (Å²) in [6.07, 6.45) is 1.27. The van der Waals surface area contributed by atoms with Crippen molar-refractivity contribution in [3.05, 3.63) is 41.3 Å². The maximum Gasteiger partial charge on any atom is 0.323 e. The maximum atomic E-state index is 13.8. The van der Waals surface area contributed by atoms with Gasteiger partial charge in [-0.1, -0.05) is 23.4 Å². The normalized spacial score (nSPS) is 21.7. The lowest BCUT2D eigenvalue weighted by molar-refractivity contribution is -0.119. The summed E-state index contributed by atoms with van der Waals surface area (Å²) < 4.78 is 15.4. The van der Waals surface area contributed by atoms with Crippen molar-refractivity contribution in [2.75, 3.05) is 25.0 Å². The van der Waals surface area contributed by atoms with Gasteiger partial charge in [0, 0.05) is 37.0 Å². The summed E-state index contributed by atoms with van der Waals surface area (Å²) in [5.41, 5.74) is 1.01. The summed E-state index contributed by atoms with van der Waals surface area (Å²) in [7, 11) is 0. The Labute approximate surface area is 155 Å². The third-order valence-electron chi connectivity index (χ3n) is 5.41. The van der Waals surface area contributed by atoms with Crippen LogP contribution in [0.3, 0.4) is 0 Å². The number of carbonyl (C=O) groups excluding carboxylic acids is 2. The number of likely N-dealkylation sites (tertiary alicyclic amines) is 1. The van der Waals surface area contributed by atoms with Crippen LogP contribution < -0.4 is 10.6 Å². The molecule has 2 aromatic rings. The van der Waals surface area contributed by atoms with Crippen LogP contribution in [-0.4, -0.2) is 51.5 Å². The van der Waals surface area contributed by atoms with Crippen molar-refractivity contribution in [2.45, 2.75) is 26.3 Å². The standard InChI is InChI=1S/C18H21FN6O2/c1-12-16(22-23-25(12)9-13-4-2-3-5-14(13)19)21-17(27)24-7-6-18(11-24)8-15(26)20-10-18/h2-5H,6-11H2,1H3,(H,20,26)(H,21,27). The number of benzene rings is 1.